The second-order valence-electron chi connectivity index (χ2n) is 4.07. The first-order chi connectivity index (χ1) is 9.54. The lowest BCUT2D eigenvalue weighted by Gasteiger charge is -2.07. The number of pyridine rings is 1. The fourth-order valence-corrected chi connectivity index (χ4v) is 1.88. The molecule has 2 aromatic rings. The molecule has 0 fully saturated rings. The van der Waals surface area contributed by atoms with Crippen molar-refractivity contribution >= 4 is 39.2 Å². The first-order valence-electron chi connectivity index (χ1n) is 5.85. The summed E-state index contributed by atoms with van der Waals surface area (Å²) in [5, 5.41) is 5.27. The Morgan fingerprint density at radius 2 is 1.80 bits per heavy atom. The van der Waals surface area contributed by atoms with Gasteiger partial charge in [0.05, 0.1) is 0 Å². The van der Waals surface area contributed by atoms with Gasteiger partial charge in [-0.3, -0.25) is 10.1 Å². The molecule has 5 nitrogen and oxygen atoms in total. The number of rotatable bonds is 3. The number of hydrogen-bond donors (Lipinski definition) is 2. The fourth-order valence-electron chi connectivity index (χ4n) is 1.54. The van der Waals surface area contributed by atoms with Gasteiger partial charge in [0.1, 0.15) is 5.82 Å². The van der Waals surface area contributed by atoms with Crippen molar-refractivity contribution in [3.63, 3.8) is 0 Å². The van der Waals surface area contributed by atoms with Crippen LogP contribution < -0.4 is 10.6 Å². The van der Waals surface area contributed by atoms with Gasteiger partial charge in [-0.05, 0) is 43.3 Å². The van der Waals surface area contributed by atoms with E-state index in [-0.39, 0.29) is 5.78 Å². The monoisotopic (exact) mass is 333 g/mol. The first kappa shape index (κ1) is 14.2. The predicted molar refractivity (Wildman–Crippen MR) is 81.0 cm³/mol. The highest BCUT2D eigenvalue weighted by atomic mass is 79.9. The summed E-state index contributed by atoms with van der Waals surface area (Å²) < 4.78 is 0.827. The van der Waals surface area contributed by atoms with Crippen LogP contribution in [0.5, 0.6) is 0 Å². The molecule has 1 aromatic carbocycles. The average molecular weight is 334 g/mol. The average Bonchev–Trinajstić information content (AvgIpc) is 2.39. The van der Waals surface area contributed by atoms with Gasteiger partial charge in [-0.2, -0.15) is 0 Å². The van der Waals surface area contributed by atoms with E-state index in [9.17, 15) is 9.59 Å². The van der Waals surface area contributed by atoms with Gasteiger partial charge in [0.25, 0.3) is 0 Å². The van der Waals surface area contributed by atoms with Crippen LogP contribution in [0.2, 0.25) is 0 Å². The van der Waals surface area contributed by atoms with Crippen molar-refractivity contribution in [1.29, 1.82) is 0 Å². The zero-order valence-corrected chi connectivity index (χ0v) is 12.3. The summed E-state index contributed by atoms with van der Waals surface area (Å²) in [5.74, 6) is 0.427. The zero-order chi connectivity index (χ0) is 14.5. The molecule has 6 heteroatoms. The molecule has 0 aliphatic rings. The van der Waals surface area contributed by atoms with Crippen LogP contribution in [0, 0.1) is 0 Å². The third kappa shape index (κ3) is 3.89. The summed E-state index contributed by atoms with van der Waals surface area (Å²) in [6.45, 7) is 1.49. The van der Waals surface area contributed by atoms with E-state index in [1.54, 1.807) is 42.6 Å². The van der Waals surface area contributed by atoms with Crippen molar-refractivity contribution in [3.05, 3.63) is 52.6 Å². The normalized spacial score (nSPS) is 9.90. The summed E-state index contributed by atoms with van der Waals surface area (Å²) in [7, 11) is 0. The molecule has 0 saturated heterocycles. The molecule has 0 aliphatic heterocycles. The van der Waals surface area contributed by atoms with Gasteiger partial charge in [-0.25, -0.2) is 9.78 Å². The van der Waals surface area contributed by atoms with Crippen molar-refractivity contribution < 1.29 is 9.59 Å². The van der Waals surface area contributed by atoms with Crippen LogP contribution in [0.1, 0.15) is 17.3 Å². The maximum Gasteiger partial charge on any atom is 0.324 e. The summed E-state index contributed by atoms with van der Waals surface area (Å²) in [5.41, 5.74) is 1.20. The second kappa shape index (κ2) is 6.29. The molecule has 0 spiro atoms. The van der Waals surface area contributed by atoms with E-state index in [0.29, 0.717) is 17.1 Å². The Morgan fingerprint density at radius 1 is 1.10 bits per heavy atom. The van der Waals surface area contributed by atoms with Crippen LogP contribution in [0.4, 0.5) is 16.3 Å². The van der Waals surface area contributed by atoms with Crippen molar-refractivity contribution in [2.45, 2.75) is 6.92 Å². The van der Waals surface area contributed by atoms with Crippen molar-refractivity contribution in [2.75, 3.05) is 10.6 Å². The number of urea groups is 1. The molecule has 0 radical (unpaired) electrons. The topological polar surface area (TPSA) is 71.1 Å². The number of hydrogen-bond acceptors (Lipinski definition) is 3. The number of halogens is 1. The van der Waals surface area contributed by atoms with E-state index in [2.05, 4.69) is 31.5 Å². The smallest absolute Gasteiger partial charge is 0.308 e. The van der Waals surface area contributed by atoms with Gasteiger partial charge in [-0.15, -0.1) is 0 Å². The minimum absolute atomic E-state index is 0.0145. The van der Waals surface area contributed by atoms with Gasteiger partial charge >= 0.3 is 6.03 Å². The molecular weight excluding hydrogens is 322 g/mol. The number of ketones is 1. The Labute approximate surface area is 124 Å². The van der Waals surface area contributed by atoms with Gasteiger partial charge in [0.2, 0.25) is 0 Å². The van der Waals surface area contributed by atoms with E-state index in [1.165, 1.54) is 6.92 Å². The minimum Gasteiger partial charge on any atom is -0.308 e. The lowest BCUT2D eigenvalue weighted by molar-refractivity contribution is 0.101. The summed E-state index contributed by atoms with van der Waals surface area (Å²) in [4.78, 5) is 26.9. The molecule has 2 amide bonds. The van der Waals surface area contributed by atoms with Crippen LogP contribution in [-0.2, 0) is 0 Å². The molecule has 0 aliphatic carbocycles. The van der Waals surface area contributed by atoms with Crippen LogP contribution in [0.15, 0.2) is 47.1 Å². The Kier molecular flexibility index (Phi) is 4.47. The fraction of sp³-hybridized carbons (Fsp3) is 0.0714. The molecule has 1 aromatic heterocycles. The number of anilines is 2. The Balaban J connectivity index is 1.99. The number of carbonyl (C=O) groups excluding carboxylic acids is 2. The first-order valence-corrected chi connectivity index (χ1v) is 6.64. The number of nitrogens with zero attached hydrogens (tertiary/aromatic N) is 1. The van der Waals surface area contributed by atoms with Gasteiger partial charge in [0.15, 0.2) is 5.78 Å². The largest absolute Gasteiger partial charge is 0.324 e. The minimum atomic E-state index is -0.397. The molecule has 0 bridgehead atoms. The highest BCUT2D eigenvalue weighted by molar-refractivity contribution is 9.10. The predicted octanol–water partition coefficient (Wildman–Crippen LogP) is 3.69. The highest BCUT2D eigenvalue weighted by Crippen LogP contribution is 2.14. The van der Waals surface area contributed by atoms with Gasteiger partial charge in [-0.1, -0.05) is 15.9 Å². The lowest BCUT2D eigenvalue weighted by Crippen LogP contribution is -2.20. The van der Waals surface area contributed by atoms with Crippen LogP contribution in [0.3, 0.4) is 0 Å². The number of nitrogens with one attached hydrogen (secondary N) is 2. The Bertz CT molecular complexity index is 641. The zero-order valence-electron chi connectivity index (χ0n) is 10.7. The summed E-state index contributed by atoms with van der Waals surface area (Å²) in [6.07, 6.45) is 1.58. The van der Waals surface area contributed by atoms with E-state index < -0.39 is 6.03 Å². The van der Waals surface area contributed by atoms with E-state index in [0.717, 1.165) is 4.47 Å². The Hall–Kier alpha value is -2.21. The molecule has 0 saturated carbocycles. The van der Waals surface area contributed by atoms with E-state index in [4.69, 9.17) is 0 Å². The number of benzene rings is 1. The molecule has 0 atom stereocenters. The van der Waals surface area contributed by atoms with Crippen LogP contribution >= 0.6 is 15.9 Å². The number of carbonyl (C=O) groups is 2. The highest BCUT2D eigenvalue weighted by Gasteiger charge is 2.05. The molecule has 102 valence electrons. The van der Waals surface area contributed by atoms with Gasteiger partial charge < -0.3 is 5.32 Å². The molecule has 20 heavy (non-hydrogen) atoms. The van der Waals surface area contributed by atoms with E-state index in [1.807, 2.05) is 0 Å². The maximum absolute atomic E-state index is 11.8. The molecule has 2 rings (SSSR count). The van der Waals surface area contributed by atoms with Crippen LogP contribution in [-0.4, -0.2) is 16.8 Å². The standard InChI is InChI=1S/C14H12BrN3O2/c1-9(19)10-2-4-12(5-3-10)17-14(20)18-13-8-11(15)6-7-16-13/h2-8H,1H3,(H2,16,17,18,20). The van der Waals surface area contributed by atoms with E-state index >= 15 is 0 Å². The summed E-state index contributed by atoms with van der Waals surface area (Å²) >= 11 is 3.30. The molecule has 1 heterocycles. The second-order valence-corrected chi connectivity index (χ2v) is 4.99. The Morgan fingerprint density at radius 3 is 2.40 bits per heavy atom. The number of amides is 2. The van der Waals surface area contributed by atoms with Crippen molar-refractivity contribution in [2.24, 2.45) is 0 Å². The SMILES string of the molecule is CC(=O)c1ccc(NC(=O)Nc2cc(Br)ccn2)cc1. The third-order valence-electron chi connectivity index (χ3n) is 2.51. The van der Waals surface area contributed by atoms with Gasteiger partial charge in [0, 0.05) is 21.9 Å². The third-order valence-corrected chi connectivity index (χ3v) is 3.01. The quantitative estimate of drug-likeness (QED) is 0.841. The number of aromatic nitrogens is 1. The molecule has 0 unspecified atom stereocenters. The molecular formula is C14H12BrN3O2. The van der Waals surface area contributed by atoms with Crippen molar-refractivity contribution in [1.82, 2.24) is 4.98 Å². The molecule has 2 N–H and O–H groups in total. The van der Waals surface area contributed by atoms with Crippen LogP contribution in [0.25, 0.3) is 0 Å². The maximum atomic E-state index is 11.8. The summed E-state index contributed by atoms with van der Waals surface area (Å²) in [6, 6.07) is 9.73. The number of Topliss-reactive ketones (excluding diaryl/α,β-unsaturated/α-hetero) is 1. The van der Waals surface area contributed by atoms with Crippen molar-refractivity contribution in [3.8, 4) is 0 Å². The lowest BCUT2D eigenvalue weighted by atomic mass is 10.1.